The van der Waals surface area contributed by atoms with Gasteiger partial charge in [-0.2, -0.15) is 0 Å². The predicted molar refractivity (Wildman–Crippen MR) is 78.9 cm³/mol. The number of methoxy groups -OCH3 is 2. The minimum absolute atomic E-state index is 0.0862. The molecule has 0 aromatic carbocycles. The zero-order valence-corrected chi connectivity index (χ0v) is 13.8. The Labute approximate surface area is 130 Å². The Balaban J connectivity index is 3.29. The molecule has 0 saturated carbocycles. The van der Waals surface area contributed by atoms with Crippen LogP contribution < -0.4 is 0 Å². The minimum Gasteiger partial charge on any atom is -0.468 e. The molecule has 1 rings (SSSR count). The van der Waals surface area contributed by atoms with E-state index in [-0.39, 0.29) is 18.3 Å². The quantitative estimate of drug-likeness (QED) is 0.610. The summed E-state index contributed by atoms with van der Waals surface area (Å²) < 4.78 is 9.52. The molecule has 0 bridgehead atoms. The molecule has 0 radical (unpaired) electrons. The number of ketones is 1. The molecule has 6 heteroatoms. The molecule has 1 aliphatic rings. The van der Waals surface area contributed by atoms with Gasteiger partial charge in [-0.1, -0.05) is 26.3 Å². The van der Waals surface area contributed by atoms with E-state index >= 15 is 0 Å². The van der Waals surface area contributed by atoms with Gasteiger partial charge in [-0.05, 0) is 23.8 Å². The second-order valence-corrected chi connectivity index (χ2v) is 6.82. The molecule has 22 heavy (non-hydrogen) atoms. The van der Waals surface area contributed by atoms with Gasteiger partial charge >= 0.3 is 11.9 Å². The highest BCUT2D eigenvalue weighted by molar-refractivity contribution is 6.06. The maximum absolute atomic E-state index is 12.2. The van der Waals surface area contributed by atoms with Crippen molar-refractivity contribution in [3.8, 4) is 0 Å². The summed E-state index contributed by atoms with van der Waals surface area (Å²) in [5.41, 5.74) is -0.598. The van der Waals surface area contributed by atoms with Gasteiger partial charge < -0.3 is 14.6 Å². The number of carbonyl (C=O) groups excluding carboxylic acids is 3. The number of Topliss-reactive ketones (excluding diaryl/α,β-unsaturated/α-hetero) is 1. The van der Waals surface area contributed by atoms with Crippen molar-refractivity contribution in [3.63, 3.8) is 0 Å². The molecule has 0 aliphatic heterocycles. The lowest BCUT2D eigenvalue weighted by Crippen LogP contribution is -2.40. The second kappa shape index (κ2) is 6.60. The van der Waals surface area contributed by atoms with Gasteiger partial charge in [0.25, 0.3) is 0 Å². The van der Waals surface area contributed by atoms with Crippen LogP contribution in [0.15, 0.2) is 11.1 Å². The summed E-state index contributed by atoms with van der Waals surface area (Å²) in [5, 5.41) is 9.16. The Morgan fingerprint density at radius 2 is 1.59 bits per heavy atom. The molecule has 0 unspecified atom stereocenters. The maximum Gasteiger partial charge on any atom is 0.323 e. The van der Waals surface area contributed by atoms with E-state index in [1.54, 1.807) is 0 Å². The highest BCUT2D eigenvalue weighted by Gasteiger charge is 2.54. The number of aliphatic hydroxyl groups is 1. The Kier molecular flexibility index (Phi) is 5.51. The molecule has 0 heterocycles. The molecule has 6 nitrogen and oxygen atoms in total. The van der Waals surface area contributed by atoms with E-state index in [4.69, 9.17) is 14.6 Å². The van der Waals surface area contributed by atoms with Crippen LogP contribution in [0.5, 0.6) is 0 Å². The summed E-state index contributed by atoms with van der Waals surface area (Å²) in [6.07, 6.45) is 0.547. The lowest BCUT2D eigenvalue weighted by molar-refractivity contribution is -0.168. The molecule has 0 saturated heterocycles. The average molecular weight is 312 g/mol. The van der Waals surface area contributed by atoms with Crippen LogP contribution in [0.1, 0.15) is 40.0 Å². The Bertz CT molecular complexity index is 493. The van der Waals surface area contributed by atoms with Crippen molar-refractivity contribution in [1.82, 2.24) is 0 Å². The summed E-state index contributed by atoms with van der Waals surface area (Å²) in [5.74, 6) is -1.90. The number of carbonyl (C=O) groups is 3. The van der Waals surface area contributed by atoms with Crippen LogP contribution in [-0.4, -0.2) is 43.7 Å². The standard InChI is InChI=1S/C16H24O6/c1-15(2,3)6-10-7-16(13(19)21-4,14(20)22-5)8-11(10)12(18)9-17/h17H,6-9H2,1-5H3. The summed E-state index contributed by atoms with van der Waals surface area (Å²) in [7, 11) is 2.39. The maximum atomic E-state index is 12.2. The van der Waals surface area contributed by atoms with Gasteiger partial charge in [0, 0.05) is 6.42 Å². The van der Waals surface area contributed by atoms with E-state index in [1.165, 1.54) is 14.2 Å². The van der Waals surface area contributed by atoms with Crippen molar-refractivity contribution in [1.29, 1.82) is 0 Å². The molecule has 1 aliphatic carbocycles. The molecule has 0 spiro atoms. The first-order valence-electron chi connectivity index (χ1n) is 7.13. The predicted octanol–water partition coefficient (Wildman–Crippen LogP) is 1.41. The minimum atomic E-state index is -1.52. The molecule has 1 N–H and O–H groups in total. The molecule has 0 aromatic heterocycles. The smallest absolute Gasteiger partial charge is 0.323 e. The van der Waals surface area contributed by atoms with Gasteiger partial charge in [-0.15, -0.1) is 0 Å². The van der Waals surface area contributed by atoms with Gasteiger partial charge in [-0.3, -0.25) is 14.4 Å². The number of aliphatic hydroxyl groups excluding tert-OH is 1. The van der Waals surface area contributed by atoms with Gasteiger partial charge in [0.05, 0.1) is 14.2 Å². The SMILES string of the molecule is COC(=O)C1(C(=O)OC)CC(CC(C)(C)C)=C(C(=O)CO)C1. The van der Waals surface area contributed by atoms with E-state index in [2.05, 4.69) is 0 Å². The van der Waals surface area contributed by atoms with Crippen molar-refractivity contribution in [2.75, 3.05) is 20.8 Å². The van der Waals surface area contributed by atoms with Crippen LogP contribution in [0.25, 0.3) is 0 Å². The van der Waals surface area contributed by atoms with Gasteiger partial charge in [0.15, 0.2) is 11.2 Å². The van der Waals surface area contributed by atoms with Crippen molar-refractivity contribution in [2.24, 2.45) is 10.8 Å². The van der Waals surface area contributed by atoms with Gasteiger partial charge in [-0.25, -0.2) is 0 Å². The molecule has 0 aromatic rings. The molecular weight excluding hydrogens is 288 g/mol. The first-order valence-corrected chi connectivity index (χ1v) is 7.13. The third-order valence-corrected chi connectivity index (χ3v) is 3.80. The topological polar surface area (TPSA) is 89.9 Å². The lowest BCUT2D eigenvalue weighted by Gasteiger charge is -2.25. The van der Waals surface area contributed by atoms with E-state index in [0.29, 0.717) is 17.6 Å². The Morgan fingerprint density at radius 3 is 1.95 bits per heavy atom. The summed E-state index contributed by atoms with van der Waals surface area (Å²) in [6, 6.07) is 0. The lowest BCUT2D eigenvalue weighted by atomic mass is 9.81. The highest BCUT2D eigenvalue weighted by Crippen LogP contribution is 2.47. The highest BCUT2D eigenvalue weighted by atomic mass is 16.5. The van der Waals surface area contributed by atoms with Crippen molar-refractivity contribution in [3.05, 3.63) is 11.1 Å². The van der Waals surface area contributed by atoms with E-state index in [1.807, 2.05) is 20.8 Å². The van der Waals surface area contributed by atoms with Gasteiger partial charge in [0.1, 0.15) is 6.61 Å². The number of ether oxygens (including phenoxy) is 2. The number of rotatable bonds is 5. The third kappa shape index (κ3) is 3.55. The number of allylic oxidation sites excluding steroid dienone is 1. The van der Waals surface area contributed by atoms with Gasteiger partial charge in [0.2, 0.25) is 0 Å². The Hall–Kier alpha value is -1.69. The van der Waals surface area contributed by atoms with Crippen LogP contribution in [0.4, 0.5) is 0 Å². The van der Waals surface area contributed by atoms with E-state index in [0.717, 1.165) is 0 Å². The third-order valence-electron chi connectivity index (χ3n) is 3.80. The number of hydrogen-bond acceptors (Lipinski definition) is 6. The zero-order chi connectivity index (χ0) is 17.1. The molecule has 0 fully saturated rings. The molecule has 0 amide bonds. The number of hydrogen-bond donors (Lipinski definition) is 1. The van der Waals surface area contributed by atoms with E-state index in [9.17, 15) is 14.4 Å². The van der Waals surface area contributed by atoms with Crippen LogP contribution in [0, 0.1) is 10.8 Å². The summed E-state index contributed by atoms with van der Waals surface area (Å²) in [4.78, 5) is 36.4. The van der Waals surface area contributed by atoms with Crippen molar-refractivity contribution >= 4 is 17.7 Å². The van der Waals surface area contributed by atoms with Crippen molar-refractivity contribution in [2.45, 2.75) is 40.0 Å². The van der Waals surface area contributed by atoms with Crippen LogP contribution in [0.3, 0.4) is 0 Å². The Morgan fingerprint density at radius 1 is 1.09 bits per heavy atom. The van der Waals surface area contributed by atoms with Crippen LogP contribution in [-0.2, 0) is 23.9 Å². The molecule has 0 atom stereocenters. The fraction of sp³-hybridized carbons (Fsp3) is 0.688. The zero-order valence-electron chi connectivity index (χ0n) is 13.8. The summed E-state index contributed by atoms with van der Waals surface area (Å²) in [6.45, 7) is 5.34. The van der Waals surface area contributed by atoms with Crippen molar-refractivity contribution < 1.29 is 29.0 Å². The fourth-order valence-corrected chi connectivity index (χ4v) is 2.92. The van der Waals surface area contributed by atoms with E-state index < -0.39 is 29.7 Å². The summed E-state index contributed by atoms with van der Waals surface area (Å²) >= 11 is 0. The molecular formula is C16H24O6. The normalized spacial score (nSPS) is 17.4. The molecule has 124 valence electrons. The number of esters is 2. The second-order valence-electron chi connectivity index (χ2n) is 6.82. The monoisotopic (exact) mass is 312 g/mol. The first-order chi connectivity index (χ1) is 10.1. The fourth-order valence-electron chi connectivity index (χ4n) is 2.92. The van der Waals surface area contributed by atoms with Crippen LogP contribution >= 0.6 is 0 Å². The van der Waals surface area contributed by atoms with Crippen LogP contribution in [0.2, 0.25) is 0 Å². The largest absolute Gasteiger partial charge is 0.468 e. The average Bonchev–Trinajstić information content (AvgIpc) is 2.83. The first kappa shape index (κ1) is 18.4.